The molecule has 1 amide bonds. The lowest BCUT2D eigenvalue weighted by atomic mass is 10.1. The molecule has 10 heteroatoms. The number of nitrogens with zero attached hydrogens (tertiary/aromatic N) is 4. The van der Waals surface area contributed by atoms with Crippen molar-refractivity contribution in [3.05, 3.63) is 70.5 Å². The van der Waals surface area contributed by atoms with Crippen molar-refractivity contribution in [3.8, 4) is 0 Å². The molecule has 178 valence electrons. The van der Waals surface area contributed by atoms with Crippen LogP contribution in [-0.4, -0.2) is 52.6 Å². The van der Waals surface area contributed by atoms with Gasteiger partial charge in [0.1, 0.15) is 11.4 Å². The normalized spacial score (nSPS) is 15.8. The number of carbonyl (C=O) groups is 2. The van der Waals surface area contributed by atoms with Crippen LogP contribution in [0.4, 0.5) is 10.1 Å². The van der Waals surface area contributed by atoms with Crippen molar-refractivity contribution >= 4 is 28.5 Å². The van der Waals surface area contributed by atoms with Crippen LogP contribution in [-0.2, 0) is 11.3 Å². The van der Waals surface area contributed by atoms with Crippen LogP contribution in [0, 0.1) is 5.82 Å². The lowest BCUT2D eigenvalue weighted by Crippen LogP contribution is -3.00. The monoisotopic (exact) mass is 530 g/mol. The van der Waals surface area contributed by atoms with Gasteiger partial charge in [0, 0.05) is 55.9 Å². The number of hydrogen-bond acceptors (Lipinski definition) is 4. The van der Waals surface area contributed by atoms with Crippen molar-refractivity contribution in [2.45, 2.75) is 25.4 Å². The summed E-state index contributed by atoms with van der Waals surface area (Å²) in [7, 11) is 0. The number of piperazine rings is 1. The third kappa shape index (κ3) is 4.54. The smallest absolute Gasteiger partial charge is 0.341 e. The van der Waals surface area contributed by atoms with Crippen molar-refractivity contribution in [1.82, 2.24) is 9.47 Å². The molecule has 1 aliphatic carbocycles. The quantitative estimate of drug-likeness (QED) is 0.419. The topological polar surface area (TPSA) is 86.7 Å². The summed E-state index contributed by atoms with van der Waals surface area (Å²) in [5, 5.41) is 9.47. The average Bonchev–Trinajstić information content (AvgIpc) is 3.65. The second-order valence-electron chi connectivity index (χ2n) is 8.55. The van der Waals surface area contributed by atoms with E-state index in [9.17, 15) is 19.5 Å². The first-order valence-electron chi connectivity index (χ1n) is 11.0. The molecule has 1 aromatic carbocycles. The summed E-state index contributed by atoms with van der Waals surface area (Å²) < 4.78 is 18.7. The Bertz CT molecular complexity index is 1300. The Balaban J connectivity index is 0.00000274. The number of pyridine rings is 2. The Morgan fingerprint density at radius 3 is 2.35 bits per heavy atom. The van der Waals surface area contributed by atoms with Gasteiger partial charge >= 0.3 is 5.97 Å². The highest BCUT2D eigenvalue weighted by molar-refractivity contribution is 5.93. The van der Waals surface area contributed by atoms with Crippen LogP contribution in [0.5, 0.6) is 0 Å². The van der Waals surface area contributed by atoms with E-state index in [4.69, 9.17) is 0 Å². The summed E-state index contributed by atoms with van der Waals surface area (Å²) in [4.78, 5) is 40.4. The van der Waals surface area contributed by atoms with Crippen molar-refractivity contribution < 1.29 is 40.6 Å². The number of carboxylic acid groups (broad SMARTS) is 1. The summed E-state index contributed by atoms with van der Waals surface area (Å²) in [6.45, 7) is 2.13. The van der Waals surface area contributed by atoms with E-state index < -0.39 is 17.2 Å². The predicted octanol–water partition coefficient (Wildman–Crippen LogP) is -1.19. The molecular weight excluding hydrogens is 507 g/mol. The zero-order valence-electron chi connectivity index (χ0n) is 18.4. The average molecular weight is 531 g/mol. The highest BCUT2D eigenvalue weighted by atomic mass is 79.9. The molecule has 2 aromatic heterocycles. The molecule has 2 aliphatic rings. The fourth-order valence-corrected chi connectivity index (χ4v) is 4.40. The molecule has 8 nitrogen and oxygen atoms in total. The molecule has 1 aliphatic heterocycles. The highest BCUT2D eigenvalue weighted by Gasteiger charge is 2.29. The second kappa shape index (κ2) is 9.54. The van der Waals surface area contributed by atoms with E-state index in [0.29, 0.717) is 37.4 Å². The van der Waals surface area contributed by atoms with Gasteiger partial charge in [0.05, 0.1) is 11.2 Å². The van der Waals surface area contributed by atoms with Crippen LogP contribution in [0.1, 0.15) is 29.2 Å². The van der Waals surface area contributed by atoms with Gasteiger partial charge in [-0.25, -0.2) is 9.18 Å². The van der Waals surface area contributed by atoms with Gasteiger partial charge in [-0.2, -0.15) is 4.57 Å². The first-order valence-corrected chi connectivity index (χ1v) is 11.0. The SMILES string of the molecule is O=C(O)c1cn(C2CC2)c2cc(N3CCN(C(=O)C[n+]4ccccc4)CC3)c(F)cc2c1=O.[Br-]. The van der Waals surface area contributed by atoms with E-state index in [0.717, 1.165) is 18.9 Å². The first-order chi connectivity index (χ1) is 15.9. The standard InChI is InChI=1S/C24H23FN4O4.BrH/c25-19-12-17-20(29(16-4-5-16)14-18(23(17)31)24(32)33)13-21(19)27-8-10-28(11-9-27)22(30)15-26-6-2-1-3-7-26;/h1-3,6-7,12-14,16H,4-5,8-11,15H2;1H. The summed E-state index contributed by atoms with van der Waals surface area (Å²) in [5.41, 5.74) is -0.106. The number of halogens is 2. The molecule has 0 spiro atoms. The molecule has 3 heterocycles. The minimum atomic E-state index is -1.31. The molecule has 0 bridgehead atoms. The second-order valence-corrected chi connectivity index (χ2v) is 8.55. The summed E-state index contributed by atoms with van der Waals surface area (Å²) in [6, 6.07) is 8.55. The molecule has 0 radical (unpaired) electrons. The van der Waals surface area contributed by atoms with Crippen molar-refractivity contribution in [1.29, 1.82) is 0 Å². The Morgan fingerprint density at radius 2 is 1.74 bits per heavy atom. The number of benzene rings is 1. The number of anilines is 1. The maximum atomic E-state index is 15.1. The van der Waals surface area contributed by atoms with Crippen LogP contribution >= 0.6 is 0 Å². The number of carbonyl (C=O) groups excluding carboxylic acids is 1. The minimum Gasteiger partial charge on any atom is -1.00 e. The summed E-state index contributed by atoms with van der Waals surface area (Å²) in [6.07, 6.45) is 6.85. The van der Waals surface area contributed by atoms with Crippen LogP contribution in [0.15, 0.2) is 53.7 Å². The number of aromatic carboxylic acids is 1. The molecule has 0 atom stereocenters. The Labute approximate surface area is 205 Å². The van der Waals surface area contributed by atoms with E-state index in [1.165, 1.54) is 6.20 Å². The highest BCUT2D eigenvalue weighted by Crippen LogP contribution is 2.38. The van der Waals surface area contributed by atoms with Crippen molar-refractivity contribution in [3.63, 3.8) is 0 Å². The van der Waals surface area contributed by atoms with Crippen molar-refractivity contribution in [2.75, 3.05) is 31.1 Å². The Hall–Kier alpha value is -3.27. The summed E-state index contributed by atoms with van der Waals surface area (Å²) >= 11 is 0. The van der Waals surface area contributed by atoms with E-state index >= 15 is 4.39 Å². The van der Waals surface area contributed by atoms with Crippen LogP contribution in [0.2, 0.25) is 0 Å². The van der Waals surface area contributed by atoms with Gasteiger partial charge in [0.2, 0.25) is 12.0 Å². The molecular formula is C24H24BrFN4O4. The third-order valence-electron chi connectivity index (χ3n) is 6.34. The number of rotatable bonds is 5. The molecule has 0 unspecified atom stereocenters. The van der Waals surface area contributed by atoms with E-state index in [2.05, 4.69) is 0 Å². The summed E-state index contributed by atoms with van der Waals surface area (Å²) in [5.74, 6) is -1.87. The fraction of sp³-hybridized carbons (Fsp3) is 0.333. The molecule has 34 heavy (non-hydrogen) atoms. The first kappa shape index (κ1) is 23.9. The lowest BCUT2D eigenvalue weighted by molar-refractivity contribution is -0.685. The van der Waals surface area contributed by atoms with Gasteiger partial charge < -0.3 is 36.5 Å². The Morgan fingerprint density at radius 1 is 1.06 bits per heavy atom. The number of amides is 1. The molecule has 5 rings (SSSR count). The van der Waals surface area contributed by atoms with E-state index in [1.807, 2.05) is 40.1 Å². The molecule has 1 saturated heterocycles. The van der Waals surface area contributed by atoms with E-state index in [-0.39, 0.29) is 46.4 Å². The van der Waals surface area contributed by atoms with Gasteiger partial charge in [0.15, 0.2) is 12.4 Å². The van der Waals surface area contributed by atoms with Crippen LogP contribution in [0.3, 0.4) is 0 Å². The molecule has 3 aromatic rings. The van der Waals surface area contributed by atoms with Gasteiger partial charge in [-0.05, 0) is 25.0 Å². The largest absolute Gasteiger partial charge is 1.00 e. The third-order valence-corrected chi connectivity index (χ3v) is 6.34. The van der Waals surface area contributed by atoms with Gasteiger partial charge in [-0.1, -0.05) is 6.07 Å². The number of fused-ring (bicyclic) bond motifs is 1. The maximum absolute atomic E-state index is 15.1. The Kier molecular flexibility index (Phi) is 6.70. The van der Waals surface area contributed by atoms with E-state index in [1.54, 1.807) is 15.5 Å². The minimum absolute atomic E-state index is 0. The van der Waals surface area contributed by atoms with Crippen LogP contribution < -0.4 is 31.9 Å². The van der Waals surface area contributed by atoms with Gasteiger partial charge in [-0.3, -0.25) is 9.59 Å². The van der Waals surface area contributed by atoms with Gasteiger partial charge in [0.25, 0.3) is 5.91 Å². The number of aromatic nitrogens is 2. The number of carboxylic acids is 1. The number of hydrogen-bond donors (Lipinski definition) is 1. The lowest BCUT2D eigenvalue weighted by Gasteiger charge is -2.36. The van der Waals surface area contributed by atoms with Crippen molar-refractivity contribution in [2.24, 2.45) is 0 Å². The van der Waals surface area contributed by atoms with Crippen LogP contribution in [0.25, 0.3) is 10.9 Å². The van der Waals surface area contributed by atoms with Gasteiger partial charge in [-0.15, -0.1) is 0 Å². The predicted molar refractivity (Wildman–Crippen MR) is 119 cm³/mol. The zero-order chi connectivity index (χ0) is 23.1. The molecule has 2 fully saturated rings. The molecule has 1 N–H and O–H groups in total. The zero-order valence-corrected chi connectivity index (χ0v) is 19.9. The fourth-order valence-electron chi connectivity index (χ4n) is 4.40. The molecule has 1 saturated carbocycles. The maximum Gasteiger partial charge on any atom is 0.341 e.